The van der Waals surface area contributed by atoms with Crippen molar-refractivity contribution in [2.45, 2.75) is 6.42 Å². The number of halogens is 1. The molecule has 0 aliphatic carbocycles. The second-order valence-corrected chi connectivity index (χ2v) is 5.12. The normalized spacial score (nSPS) is 13.8. The summed E-state index contributed by atoms with van der Waals surface area (Å²) in [5.74, 6) is -1.82. The van der Waals surface area contributed by atoms with Gasteiger partial charge in [0.15, 0.2) is 0 Å². The third kappa shape index (κ3) is 3.11. The summed E-state index contributed by atoms with van der Waals surface area (Å²) in [6.45, 7) is 0.408. The van der Waals surface area contributed by atoms with E-state index in [1.165, 1.54) is 35.3 Å². The number of hydrazone groups is 1. The Morgan fingerprint density at radius 3 is 2.48 bits per heavy atom. The van der Waals surface area contributed by atoms with E-state index < -0.39 is 11.8 Å². The lowest BCUT2D eigenvalue weighted by atomic mass is 10.1. The fraction of sp³-hybridized carbons (Fsp3) is 0.118. The van der Waals surface area contributed by atoms with Gasteiger partial charge in [-0.15, -0.1) is 0 Å². The maximum absolute atomic E-state index is 13.2. The first-order valence-corrected chi connectivity index (χ1v) is 7.03. The molecule has 5 nitrogen and oxygen atoms in total. The molecule has 0 fully saturated rings. The first kappa shape index (κ1) is 14.9. The summed E-state index contributed by atoms with van der Waals surface area (Å²) in [7, 11) is 0. The largest absolute Gasteiger partial charge is 0.478 e. The summed E-state index contributed by atoms with van der Waals surface area (Å²) < 4.78 is 13.2. The number of carboxylic acids is 1. The molecule has 0 unspecified atom stereocenters. The smallest absolute Gasteiger partial charge is 0.335 e. The highest BCUT2D eigenvalue weighted by Gasteiger charge is 2.23. The van der Waals surface area contributed by atoms with Crippen molar-refractivity contribution in [2.24, 2.45) is 5.10 Å². The van der Waals surface area contributed by atoms with Gasteiger partial charge >= 0.3 is 5.97 Å². The Morgan fingerprint density at radius 2 is 1.83 bits per heavy atom. The number of carboxylic acid groups (broad SMARTS) is 1. The molecule has 1 N–H and O–H groups in total. The molecule has 0 atom stereocenters. The third-order valence-electron chi connectivity index (χ3n) is 3.57. The average molecular weight is 312 g/mol. The van der Waals surface area contributed by atoms with Gasteiger partial charge in [-0.05, 0) is 35.9 Å². The van der Waals surface area contributed by atoms with Crippen LogP contribution in [0.3, 0.4) is 0 Å². The molecule has 0 bridgehead atoms. The van der Waals surface area contributed by atoms with Crippen LogP contribution in [0.1, 0.15) is 32.7 Å². The lowest BCUT2D eigenvalue weighted by Crippen LogP contribution is -2.23. The molecule has 1 aliphatic heterocycles. The number of carbonyl (C=O) groups is 2. The molecule has 116 valence electrons. The maximum atomic E-state index is 13.2. The van der Waals surface area contributed by atoms with Crippen molar-refractivity contribution in [2.75, 3.05) is 6.54 Å². The predicted octanol–water partition coefficient (Wildman–Crippen LogP) is 2.77. The molecule has 1 amide bonds. The Balaban J connectivity index is 1.80. The van der Waals surface area contributed by atoms with Crippen molar-refractivity contribution < 1.29 is 19.1 Å². The number of nitrogens with zero attached hydrogens (tertiary/aromatic N) is 2. The van der Waals surface area contributed by atoms with Crippen molar-refractivity contribution >= 4 is 17.6 Å². The molecule has 1 aliphatic rings. The van der Waals surface area contributed by atoms with Crippen molar-refractivity contribution in [3.05, 3.63) is 71.0 Å². The Bertz CT molecular complexity index is 800. The number of rotatable bonds is 3. The van der Waals surface area contributed by atoms with Gasteiger partial charge < -0.3 is 5.11 Å². The summed E-state index contributed by atoms with van der Waals surface area (Å²) in [5, 5.41) is 14.5. The first-order valence-electron chi connectivity index (χ1n) is 7.03. The predicted molar refractivity (Wildman–Crippen MR) is 82.0 cm³/mol. The quantitative estimate of drug-likeness (QED) is 0.947. The fourth-order valence-electron chi connectivity index (χ4n) is 2.38. The standard InChI is InChI=1S/C17H13FN2O3/c18-14-3-1-2-13(10-14)16(21)20-9-8-15(19-20)11-4-6-12(7-5-11)17(22)23/h1-7,10H,8-9H2,(H,22,23). The van der Waals surface area contributed by atoms with E-state index in [-0.39, 0.29) is 17.0 Å². The Kier molecular flexibility index (Phi) is 3.89. The Labute approximate surface area is 131 Å². The molecule has 0 saturated heterocycles. The minimum Gasteiger partial charge on any atom is -0.478 e. The molecule has 0 saturated carbocycles. The van der Waals surface area contributed by atoms with Crippen LogP contribution in [0, 0.1) is 5.82 Å². The van der Waals surface area contributed by atoms with E-state index in [1.807, 2.05) is 0 Å². The molecule has 23 heavy (non-hydrogen) atoms. The highest BCUT2D eigenvalue weighted by Crippen LogP contribution is 2.17. The highest BCUT2D eigenvalue weighted by molar-refractivity contribution is 6.04. The minimum absolute atomic E-state index is 0.194. The molecule has 1 heterocycles. The number of hydrogen-bond acceptors (Lipinski definition) is 3. The number of hydrogen-bond donors (Lipinski definition) is 1. The second-order valence-electron chi connectivity index (χ2n) is 5.12. The van der Waals surface area contributed by atoms with Gasteiger partial charge in [0.1, 0.15) is 5.82 Å². The van der Waals surface area contributed by atoms with Crippen LogP contribution in [-0.2, 0) is 0 Å². The van der Waals surface area contributed by atoms with Gasteiger partial charge in [-0.25, -0.2) is 14.2 Å². The molecule has 3 rings (SSSR count). The van der Waals surface area contributed by atoms with E-state index in [9.17, 15) is 14.0 Å². The molecule has 0 radical (unpaired) electrons. The van der Waals surface area contributed by atoms with Gasteiger partial charge in [0, 0.05) is 12.0 Å². The van der Waals surface area contributed by atoms with E-state index in [0.717, 1.165) is 5.56 Å². The van der Waals surface area contributed by atoms with Crippen molar-refractivity contribution in [3.8, 4) is 0 Å². The monoisotopic (exact) mass is 312 g/mol. The van der Waals surface area contributed by atoms with Crippen LogP contribution in [0.2, 0.25) is 0 Å². The van der Waals surface area contributed by atoms with Gasteiger partial charge in [-0.3, -0.25) is 4.79 Å². The maximum Gasteiger partial charge on any atom is 0.335 e. The Morgan fingerprint density at radius 1 is 1.09 bits per heavy atom. The van der Waals surface area contributed by atoms with E-state index in [0.29, 0.717) is 18.7 Å². The molecule has 0 spiro atoms. The summed E-state index contributed by atoms with van der Waals surface area (Å²) in [6.07, 6.45) is 0.563. The summed E-state index contributed by atoms with van der Waals surface area (Å²) >= 11 is 0. The van der Waals surface area contributed by atoms with E-state index >= 15 is 0 Å². The van der Waals surface area contributed by atoms with E-state index in [1.54, 1.807) is 18.2 Å². The zero-order chi connectivity index (χ0) is 16.4. The summed E-state index contributed by atoms with van der Waals surface area (Å²) in [5.41, 5.74) is 1.91. The Hall–Kier alpha value is -3.02. The van der Waals surface area contributed by atoms with Crippen molar-refractivity contribution in [1.82, 2.24) is 5.01 Å². The van der Waals surface area contributed by atoms with Crippen LogP contribution < -0.4 is 0 Å². The van der Waals surface area contributed by atoms with Gasteiger partial charge in [0.25, 0.3) is 5.91 Å². The molecular weight excluding hydrogens is 299 g/mol. The third-order valence-corrected chi connectivity index (χ3v) is 3.57. The van der Waals surface area contributed by atoms with Crippen molar-refractivity contribution in [3.63, 3.8) is 0 Å². The lowest BCUT2D eigenvalue weighted by molar-refractivity contribution is 0.0696. The van der Waals surface area contributed by atoms with E-state index in [2.05, 4.69) is 5.10 Å². The van der Waals surface area contributed by atoms with Crippen LogP contribution in [0.5, 0.6) is 0 Å². The molecular formula is C17H13FN2O3. The van der Waals surface area contributed by atoms with Gasteiger partial charge in [-0.2, -0.15) is 5.10 Å². The van der Waals surface area contributed by atoms with Crippen LogP contribution in [0.25, 0.3) is 0 Å². The van der Waals surface area contributed by atoms with Crippen LogP contribution in [0.4, 0.5) is 4.39 Å². The summed E-state index contributed by atoms with van der Waals surface area (Å²) in [6, 6.07) is 11.8. The number of aromatic carboxylic acids is 1. The van der Waals surface area contributed by atoms with Crippen LogP contribution in [-0.4, -0.2) is 34.2 Å². The number of benzene rings is 2. The minimum atomic E-state index is -0.993. The lowest BCUT2D eigenvalue weighted by Gasteiger charge is -2.11. The first-order chi connectivity index (χ1) is 11.0. The number of carbonyl (C=O) groups excluding carboxylic acids is 1. The molecule has 2 aromatic rings. The van der Waals surface area contributed by atoms with Crippen LogP contribution >= 0.6 is 0 Å². The van der Waals surface area contributed by atoms with Gasteiger partial charge in [0.2, 0.25) is 0 Å². The topological polar surface area (TPSA) is 70.0 Å². The molecule has 2 aromatic carbocycles. The van der Waals surface area contributed by atoms with Gasteiger partial charge in [-0.1, -0.05) is 18.2 Å². The van der Waals surface area contributed by atoms with Crippen LogP contribution in [0.15, 0.2) is 53.6 Å². The van der Waals surface area contributed by atoms with E-state index in [4.69, 9.17) is 5.11 Å². The summed E-state index contributed by atoms with van der Waals surface area (Å²) in [4.78, 5) is 23.1. The van der Waals surface area contributed by atoms with Crippen molar-refractivity contribution in [1.29, 1.82) is 0 Å². The molecule has 6 heteroatoms. The zero-order valence-corrected chi connectivity index (χ0v) is 12.1. The average Bonchev–Trinajstić information content (AvgIpc) is 3.04. The molecule has 0 aromatic heterocycles. The zero-order valence-electron chi connectivity index (χ0n) is 12.1. The number of amides is 1. The second kappa shape index (κ2) is 6.00. The van der Waals surface area contributed by atoms with Gasteiger partial charge in [0.05, 0.1) is 17.8 Å². The fourth-order valence-corrected chi connectivity index (χ4v) is 2.38. The highest BCUT2D eigenvalue weighted by atomic mass is 19.1. The SMILES string of the molecule is O=C(O)c1ccc(C2=NN(C(=O)c3cccc(F)c3)CC2)cc1.